The first kappa shape index (κ1) is 49.8. The first-order chi connectivity index (χ1) is 29.9. The monoisotopic (exact) mass is 918 g/mol. The van der Waals surface area contributed by atoms with Crippen LogP contribution < -0.4 is 30.3 Å². The Morgan fingerprint density at radius 3 is 1.48 bits per heavy atom. The fourth-order valence-corrected chi connectivity index (χ4v) is 5.64. The summed E-state index contributed by atoms with van der Waals surface area (Å²) in [5.41, 5.74) is 3.89. The number of anilines is 4. The number of aromatic nitrogens is 8. The molecular formula is C40H38F8N12O5. The number of carboxylic acid groups (broad SMARTS) is 1. The van der Waals surface area contributed by atoms with Gasteiger partial charge in [0, 0.05) is 36.9 Å². The fraction of sp³-hybridized carbons (Fsp3) is 0.250. The van der Waals surface area contributed by atoms with Crippen molar-refractivity contribution < 1.29 is 59.3 Å². The van der Waals surface area contributed by atoms with E-state index in [1.54, 1.807) is 28.1 Å². The summed E-state index contributed by atoms with van der Waals surface area (Å²) < 4.78 is 114. The highest BCUT2D eigenvalue weighted by Gasteiger charge is 2.37. The van der Waals surface area contributed by atoms with Gasteiger partial charge in [0.15, 0.2) is 23.0 Å². The van der Waals surface area contributed by atoms with Gasteiger partial charge in [-0.15, -0.1) is 0 Å². The number of nitrogens with two attached hydrogens (primary N) is 1. The molecular weight excluding hydrogens is 881 g/mol. The van der Waals surface area contributed by atoms with Gasteiger partial charge >= 0.3 is 18.3 Å². The van der Waals surface area contributed by atoms with Crippen molar-refractivity contribution in [3.63, 3.8) is 0 Å². The lowest BCUT2D eigenvalue weighted by molar-refractivity contribution is -0.138. The Kier molecular flexibility index (Phi) is 16.5. The summed E-state index contributed by atoms with van der Waals surface area (Å²) in [5.74, 6) is -3.88. The number of nitrogens with one attached hydrogen (secondary N) is 1. The van der Waals surface area contributed by atoms with E-state index in [0.29, 0.717) is 23.5 Å². The average molecular weight is 919 g/mol. The molecule has 4 aromatic heterocycles. The van der Waals surface area contributed by atoms with Gasteiger partial charge in [-0.25, -0.2) is 33.5 Å². The number of alkyl halides is 6. The standard InChI is InChI=1S/C19H14F4N6O2.C15H11F4N3O3.C4H5N3.2CH4/c20-12-5-11(19(21,22)23)6-14(7-12)31-15-9-29(10-15)17-16(24-3-4-25-17)18(30)28-13-1-2-26-27-8-13;16-9-3-8(15(17,18)19)4-10(5-9)25-11-6-22(7-11)13-12(14(23)24)20-1-2-21-13;5-4-1-2-6-7-3-4;;/h1-8,15H,9-10H2,(H,26,28,30);1-5,11H,6-7H2,(H,23,24);1-3H,(H2,5,6);2*1H4. The zero-order valence-corrected chi connectivity index (χ0v) is 31.9. The van der Waals surface area contributed by atoms with Crippen LogP contribution in [0.15, 0.2) is 98.1 Å². The first-order valence-electron chi connectivity index (χ1n) is 18.0. The van der Waals surface area contributed by atoms with Gasteiger partial charge in [0.05, 0.1) is 73.5 Å². The number of rotatable bonds is 9. The van der Waals surface area contributed by atoms with Gasteiger partial charge in [-0.2, -0.15) is 46.7 Å². The lowest BCUT2D eigenvalue weighted by atomic mass is 10.1. The zero-order chi connectivity index (χ0) is 45.3. The van der Waals surface area contributed by atoms with Crippen LogP contribution >= 0.6 is 0 Å². The van der Waals surface area contributed by atoms with E-state index in [-0.39, 0.29) is 75.6 Å². The van der Waals surface area contributed by atoms with Crippen LogP contribution in [0.3, 0.4) is 0 Å². The summed E-state index contributed by atoms with van der Waals surface area (Å²) in [6.45, 7) is 0.842. The second-order valence-corrected chi connectivity index (χ2v) is 13.2. The predicted molar refractivity (Wildman–Crippen MR) is 217 cm³/mol. The quantitative estimate of drug-likeness (QED) is 0.126. The smallest absolute Gasteiger partial charge is 0.416 e. The molecule has 0 aliphatic carbocycles. The molecule has 8 rings (SSSR count). The van der Waals surface area contributed by atoms with Gasteiger partial charge in [-0.3, -0.25) is 4.79 Å². The summed E-state index contributed by atoms with van der Waals surface area (Å²) in [7, 11) is 0. The zero-order valence-electron chi connectivity index (χ0n) is 31.9. The predicted octanol–water partition coefficient (Wildman–Crippen LogP) is 6.88. The van der Waals surface area contributed by atoms with Crippen molar-refractivity contribution >= 4 is 34.9 Å². The highest BCUT2D eigenvalue weighted by atomic mass is 19.4. The van der Waals surface area contributed by atoms with Crippen molar-refractivity contribution in [2.24, 2.45) is 0 Å². The minimum atomic E-state index is -4.68. The third-order valence-electron chi connectivity index (χ3n) is 8.52. The molecule has 2 aliphatic rings. The number of carboxylic acids is 1. The maximum Gasteiger partial charge on any atom is 0.416 e. The Labute approximate surface area is 364 Å². The minimum absolute atomic E-state index is 0. The van der Waals surface area contributed by atoms with Crippen LogP contribution in [0.5, 0.6) is 11.5 Å². The van der Waals surface area contributed by atoms with Gasteiger partial charge in [0.1, 0.15) is 35.3 Å². The number of ether oxygens (including phenoxy) is 2. The normalized spacial score (nSPS) is 13.4. The number of nitrogens with zero attached hydrogens (tertiary/aromatic N) is 10. The van der Waals surface area contributed by atoms with E-state index in [9.17, 15) is 44.7 Å². The summed E-state index contributed by atoms with van der Waals surface area (Å²) in [4.78, 5) is 42.8. The molecule has 2 aliphatic heterocycles. The van der Waals surface area contributed by atoms with Crippen molar-refractivity contribution in [3.8, 4) is 11.5 Å². The molecule has 25 heteroatoms. The molecule has 344 valence electrons. The number of hydrogen-bond donors (Lipinski definition) is 3. The third-order valence-corrected chi connectivity index (χ3v) is 8.52. The molecule has 0 bridgehead atoms. The SMILES string of the molecule is C.C.Nc1ccnnc1.O=C(Nc1ccnnc1)c1nccnc1N1CC(Oc2cc(F)cc(C(F)(F)F)c2)C1.O=C(O)c1nccnc1N1CC(Oc2cc(F)cc(C(F)(F)F)c2)C1. The maximum atomic E-state index is 13.5. The molecule has 0 radical (unpaired) electrons. The second kappa shape index (κ2) is 21.5. The Morgan fingerprint density at radius 1 is 0.631 bits per heavy atom. The number of benzene rings is 2. The number of carbonyl (C=O) groups excluding carboxylic acids is 1. The summed E-state index contributed by atoms with van der Waals surface area (Å²) in [5, 5.41) is 26.0. The van der Waals surface area contributed by atoms with Crippen LogP contribution in [-0.4, -0.2) is 95.7 Å². The molecule has 0 atom stereocenters. The van der Waals surface area contributed by atoms with Gasteiger partial charge < -0.3 is 35.4 Å². The van der Waals surface area contributed by atoms with Crippen molar-refractivity contribution in [1.82, 2.24) is 40.3 Å². The molecule has 2 saturated heterocycles. The van der Waals surface area contributed by atoms with E-state index >= 15 is 0 Å². The van der Waals surface area contributed by atoms with E-state index in [1.807, 2.05) is 0 Å². The molecule has 2 aromatic carbocycles. The molecule has 0 saturated carbocycles. The topological polar surface area (TPSA) is 220 Å². The van der Waals surface area contributed by atoms with Crippen LogP contribution in [-0.2, 0) is 12.4 Å². The number of nitrogen functional groups attached to an aromatic ring is 1. The van der Waals surface area contributed by atoms with Crippen LogP contribution in [0.1, 0.15) is 47.0 Å². The number of carbonyl (C=O) groups is 2. The third kappa shape index (κ3) is 13.6. The van der Waals surface area contributed by atoms with Gasteiger partial charge in [-0.05, 0) is 36.4 Å². The van der Waals surface area contributed by atoms with Crippen LogP contribution in [0, 0.1) is 11.6 Å². The molecule has 1 amide bonds. The number of aromatic carboxylic acids is 1. The Balaban J connectivity index is 0.000000244. The maximum absolute atomic E-state index is 13.5. The Morgan fingerprint density at radius 2 is 1.08 bits per heavy atom. The van der Waals surface area contributed by atoms with Crippen molar-refractivity contribution in [1.29, 1.82) is 0 Å². The van der Waals surface area contributed by atoms with E-state index in [2.05, 4.69) is 45.6 Å². The van der Waals surface area contributed by atoms with E-state index < -0.39 is 59.2 Å². The van der Waals surface area contributed by atoms with Gasteiger partial charge in [0.25, 0.3) is 5.91 Å². The van der Waals surface area contributed by atoms with Crippen LogP contribution in [0.2, 0.25) is 0 Å². The molecule has 6 heterocycles. The molecule has 0 spiro atoms. The van der Waals surface area contributed by atoms with E-state index in [0.717, 1.165) is 24.3 Å². The molecule has 2 fully saturated rings. The fourth-order valence-electron chi connectivity index (χ4n) is 5.64. The van der Waals surface area contributed by atoms with Crippen molar-refractivity contribution in [2.75, 3.05) is 47.0 Å². The lowest BCUT2D eigenvalue weighted by Gasteiger charge is -2.40. The van der Waals surface area contributed by atoms with Gasteiger partial charge in [0.2, 0.25) is 0 Å². The van der Waals surface area contributed by atoms with Crippen LogP contribution in [0.4, 0.5) is 58.1 Å². The lowest BCUT2D eigenvalue weighted by Crippen LogP contribution is -2.54. The van der Waals surface area contributed by atoms with Crippen LogP contribution in [0.25, 0.3) is 0 Å². The van der Waals surface area contributed by atoms with E-state index in [4.69, 9.17) is 20.3 Å². The highest BCUT2D eigenvalue weighted by molar-refractivity contribution is 6.06. The summed E-state index contributed by atoms with van der Waals surface area (Å²) in [6, 6.07) is 7.26. The van der Waals surface area contributed by atoms with Crippen molar-refractivity contribution in [3.05, 3.63) is 132 Å². The molecule has 17 nitrogen and oxygen atoms in total. The summed E-state index contributed by atoms with van der Waals surface area (Å²) >= 11 is 0. The molecule has 6 aromatic rings. The Bertz CT molecular complexity index is 2520. The van der Waals surface area contributed by atoms with Gasteiger partial charge in [-0.1, -0.05) is 14.9 Å². The minimum Gasteiger partial charge on any atom is -0.487 e. The highest BCUT2D eigenvalue weighted by Crippen LogP contribution is 2.35. The molecule has 65 heavy (non-hydrogen) atoms. The average Bonchev–Trinajstić information content (AvgIpc) is 3.20. The molecule has 4 N–H and O–H groups in total. The number of amides is 1. The summed E-state index contributed by atoms with van der Waals surface area (Å²) in [6.07, 6.45) is 0.798. The van der Waals surface area contributed by atoms with Crippen molar-refractivity contribution in [2.45, 2.75) is 39.4 Å². The second-order valence-electron chi connectivity index (χ2n) is 13.2. The molecule has 0 unspecified atom stereocenters. The largest absolute Gasteiger partial charge is 0.487 e. The first-order valence-corrected chi connectivity index (χ1v) is 18.0. The number of halogens is 8. The van der Waals surface area contributed by atoms with E-state index in [1.165, 1.54) is 43.4 Å². The number of hydrogen-bond acceptors (Lipinski definition) is 15. The Hall–Kier alpha value is -7.86.